The largest absolute Gasteiger partial charge is 0.465 e. The summed E-state index contributed by atoms with van der Waals surface area (Å²) in [6.45, 7) is 0.518. The van der Waals surface area contributed by atoms with Crippen LogP contribution in [-0.4, -0.2) is 13.1 Å². The number of hydrogen-bond acceptors (Lipinski definition) is 4. The molecule has 0 aliphatic rings. The standard InChI is InChI=1S/C13H11BrFNO2S/c1-18-13(17)10-4-2-8(15)6-11(10)16-7-9-3-5-12(14)19-9/h2-6,16H,7H2,1H3. The van der Waals surface area contributed by atoms with Crippen LogP contribution in [0.15, 0.2) is 34.1 Å². The van der Waals surface area contributed by atoms with Gasteiger partial charge in [0, 0.05) is 11.4 Å². The second-order valence-corrected chi connectivity index (χ2v) is 6.29. The van der Waals surface area contributed by atoms with Crippen molar-refractivity contribution in [3.8, 4) is 0 Å². The number of anilines is 1. The van der Waals surface area contributed by atoms with Gasteiger partial charge in [0.1, 0.15) is 5.82 Å². The first-order valence-corrected chi connectivity index (χ1v) is 7.07. The van der Waals surface area contributed by atoms with Crippen molar-refractivity contribution in [2.24, 2.45) is 0 Å². The Kier molecular flexibility index (Phi) is 4.55. The van der Waals surface area contributed by atoms with Crippen molar-refractivity contribution in [1.29, 1.82) is 0 Å². The van der Waals surface area contributed by atoms with E-state index in [0.717, 1.165) is 8.66 Å². The third kappa shape index (κ3) is 3.54. The van der Waals surface area contributed by atoms with Gasteiger partial charge in [-0.15, -0.1) is 11.3 Å². The minimum atomic E-state index is -0.491. The minimum Gasteiger partial charge on any atom is -0.465 e. The van der Waals surface area contributed by atoms with Gasteiger partial charge in [-0.05, 0) is 46.3 Å². The van der Waals surface area contributed by atoms with Gasteiger partial charge < -0.3 is 10.1 Å². The smallest absolute Gasteiger partial charge is 0.339 e. The maximum atomic E-state index is 13.2. The maximum absolute atomic E-state index is 13.2. The van der Waals surface area contributed by atoms with E-state index < -0.39 is 11.8 Å². The van der Waals surface area contributed by atoms with E-state index in [0.29, 0.717) is 17.8 Å². The van der Waals surface area contributed by atoms with Gasteiger partial charge in [-0.2, -0.15) is 0 Å². The van der Waals surface area contributed by atoms with Crippen LogP contribution in [0.3, 0.4) is 0 Å². The van der Waals surface area contributed by atoms with E-state index in [1.54, 1.807) is 11.3 Å². The van der Waals surface area contributed by atoms with Gasteiger partial charge in [0.25, 0.3) is 0 Å². The summed E-state index contributed by atoms with van der Waals surface area (Å²) < 4.78 is 18.9. The third-order valence-electron chi connectivity index (χ3n) is 2.47. The second kappa shape index (κ2) is 6.16. The monoisotopic (exact) mass is 343 g/mol. The summed E-state index contributed by atoms with van der Waals surface area (Å²) in [7, 11) is 1.30. The van der Waals surface area contributed by atoms with E-state index in [2.05, 4.69) is 26.0 Å². The molecule has 3 nitrogen and oxygen atoms in total. The van der Waals surface area contributed by atoms with E-state index in [9.17, 15) is 9.18 Å². The molecule has 0 amide bonds. The number of benzene rings is 1. The molecule has 0 saturated heterocycles. The Morgan fingerprint density at radius 3 is 2.84 bits per heavy atom. The molecule has 0 aliphatic carbocycles. The number of halogens is 2. The first-order valence-electron chi connectivity index (χ1n) is 5.46. The summed E-state index contributed by atoms with van der Waals surface area (Å²) in [5, 5.41) is 3.05. The van der Waals surface area contributed by atoms with Gasteiger partial charge >= 0.3 is 5.97 Å². The molecule has 1 aromatic carbocycles. The predicted octanol–water partition coefficient (Wildman–Crippen LogP) is 4.05. The van der Waals surface area contributed by atoms with Crippen molar-refractivity contribution >= 4 is 38.9 Å². The summed E-state index contributed by atoms with van der Waals surface area (Å²) in [4.78, 5) is 12.6. The SMILES string of the molecule is COC(=O)c1ccc(F)cc1NCc1ccc(Br)s1. The van der Waals surface area contributed by atoms with Crippen molar-refractivity contribution < 1.29 is 13.9 Å². The molecule has 0 bridgehead atoms. The highest BCUT2D eigenvalue weighted by atomic mass is 79.9. The van der Waals surface area contributed by atoms with Crippen LogP contribution in [0.25, 0.3) is 0 Å². The fourth-order valence-electron chi connectivity index (χ4n) is 1.58. The molecule has 1 aromatic heterocycles. The zero-order valence-corrected chi connectivity index (χ0v) is 12.5. The Morgan fingerprint density at radius 2 is 2.21 bits per heavy atom. The van der Waals surface area contributed by atoms with Gasteiger partial charge in [0.05, 0.1) is 22.1 Å². The van der Waals surface area contributed by atoms with Crippen LogP contribution >= 0.6 is 27.3 Å². The lowest BCUT2D eigenvalue weighted by Gasteiger charge is -2.10. The first-order chi connectivity index (χ1) is 9.10. The average Bonchev–Trinajstić information content (AvgIpc) is 2.81. The van der Waals surface area contributed by atoms with E-state index >= 15 is 0 Å². The fraction of sp³-hybridized carbons (Fsp3) is 0.154. The van der Waals surface area contributed by atoms with Gasteiger partial charge in [-0.25, -0.2) is 9.18 Å². The fourth-order valence-corrected chi connectivity index (χ4v) is 3.00. The quantitative estimate of drug-likeness (QED) is 0.851. The molecule has 0 saturated carbocycles. The number of carbonyl (C=O) groups excluding carboxylic acids is 1. The van der Waals surface area contributed by atoms with E-state index in [1.165, 1.54) is 25.3 Å². The molecule has 0 aliphatic heterocycles. The van der Waals surface area contributed by atoms with Crippen LogP contribution in [0.5, 0.6) is 0 Å². The highest BCUT2D eigenvalue weighted by molar-refractivity contribution is 9.11. The van der Waals surface area contributed by atoms with E-state index in [4.69, 9.17) is 0 Å². The van der Waals surface area contributed by atoms with Crippen molar-refractivity contribution in [3.63, 3.8) is 0 Å². The van der Waals surface area contributed by atoms with Gasteiger partial charge in [-0.1, -0.05) is 0 Å². The molecule has 2 aromatic rings. The summed E-state index contributed by atoms with van der Waals surface area (Å²) in [5.74, 6) is -0.891. The van der Waals surface area contributed by atoms with E-state index in [-0.39, 0.29) is 0 Å². The number of esters is 1. The van der Waals surface area contributed by atoms with Crippen molar-refractivity contribution in [1.82, 2.24) is 0 Å². The molecule has 19 heavy (non-hydrogen) atoms. The lowest BCUT2D eigenvalue weighted by Crippen LogP contribution is -2.08. The van der Waals surface area contributed by atoms with Crippen LogP contribution in [0.4, 0.5) is 10.1 Å². The Bertz CT molecular complexity index is 600. The Labute approximate surface area is 122 Å². The highest BCUT2D eigenvalue weighted by Crippen LogP contribution is 2.24. The third-order valence-corrected chi connectivity index (χ3v) is 4.09. The molecule has 0 atom stereocenters. The summed E-state index contributed by atoms with van der Waals surface area (Å²) in [5.41, 5.74) is 0.746. The number of nitrogens with one attached hydrogen (secondary N) is 1. The molecule has 0 unspecified atom stereocenters. The first kappa shape index (κ1) is 14.0. The van der Waals surface area contributed by atoms with Crippen molar-refractivity contribution in [2.75, 3.05) is 12.4 Å². The van der Waals surface area contributed by atoms with Crippen LogP contribution < -0.4 is 5.32 Å². The van der Waals surface area contributed by atoms with Crippen molar-refractivity contribution in [2.45, 2.75) is 6.54 Å². The van der Waals surface area contributed by atoms with Crippen LogP contribution in [0.1, 0.15) is 15.2 Å². The number of thiophene rings is 1. The van der Waals surface area contributed by atoms with Gasteiger partial charge in [0.15, 0.2) is 0 Å². The lowest BCUT2D eigenvalue weighted by molar-refractivity contribution is 0.0602. The van der Waals surface area contributed by atoms with Crippen molar-refractivity contribution in [3.05, 3.63) is 50.4 Å². The van der Waals surface area contributed by atoms with Crippen LogP contribution in [-0.2, 0) is 11.3 Å². The molecule has 2 rings (SSSR count). The molecular weight excluding hydrogens is 333 g/mol. The molecule has 0 fully saturated rings. The molecule has 1 heterocycles. The summed E-state index contributed by atoms with van der Waals surface area (Å²) >= 11 is 4.95. The zero-order valence-electron chi connectivity index (χ0n) is 10.1. The molecule has 100 valence electrons. The molecule has 0 spiro atoms. The van der Waals surface area contributed by atoms with E-state index in [1.807, 2.05) is 12.1 Å². The maximum Gasteiger partial charge on any atom is 0.339 e. The number of carbonyl (C=O) groups is 1. The molecular formula is C13H11BrFNO2S. The number of hydrogen-bond donors (Lipinski definition) is 1. The Morgan fingerprint density at radius 1 is 1.42 bits per heavy atom. The Balaban J connectivity index is 2.18. The lowest BCUT2D eigenvalue weighted by atomic mass is 10.1. The zero-order chi connectivity index (χ0) is 13.8. The summed E-state index contributed by atoms with van der Waals surface area (Å²) in [6, 6.07) is 7.83. The molecule has 6 heteroatoms. The summed E-state index contributed by atoms with van der Waals surface area (Å²) in [6.07, 6.45) is 0. The molecule has 1 N–H and O–H groups in total. The second-order valence-electron chi connectivity index (χ2n) is 3.74. The number of rotatable bonds is 4. The highest BCUT2D eigenvalue weighted by Gasteiger charge is 2.12. The molecule has 0 radical (unpaired) electrons. The van der Waals surface area contributed by atoms with Crippen LogP contribution in [0.2, 0.25) is 0 Å². The minimum absolute atomic E-state index is 0.319. The Hall–Kier alpha value is -1.40. The topological polar surface area (TPSA) is 38.3 Å². The predicted molar refractivity (Wildman–Crippen MR) is 77.1 cm³/mol. The average molecular weight is 344 g/mol. The van der Waals surface area contributed by atoms with Gasteiger partial charge in [0.2, 0.25) is 0 Å². The normalized spacial score (nSPS) is 10.3. The van der Waals surface area contributed by atoms with Gasteiger partial charge in [-0.3, -0.25) is 0 Å². The number of methoxy groups -OCH3 is 1. The number of ether oxygens (including phenoxy) is 1. The van der Waals surface area contributed by atoms with Crippen LogP contribution in [0, 0.1) is 5.82 Å².